The highest BCUT2D eigenvalue weighted by Gasteiger charge is 2.26. The summed E-state index contributed by atoms with van der Waals surface area (Å²) in [5, 5.41) is 4.61. The third-order valence-corrected chi connectivity index (χ3v) is 7.50. The van der Waals surface area contributed by atoms with Crippen LogP contribution in [0.15, 0.2) is 41.8 Å². The van der Waals surface area contributed by atoms with Gasteiger partial charge in [-0.1, -0.05) is 6.07 Å². The molecule has 2 aromatic rings. The van der Waals surface area contributed by atoms with E-state index in [0.717, 1.165) is 11.4 Å². The van der Waals surface area contributed by atoms with E-state index in [2.05, 4.69) is 10.2 Å². The molecule has 1 aromatic carbocycles. The van der Waals surface area contributed by atoms with Crippen LogP contribution in [0.4, 0.5) is 5.69 Å². The van der Waals surface area contributed by atoms with Crippen LogP contribution >= 0.6 is 11.3 Å². The molecule has 152 valence electrons. The van der Waals surface area contributed by atoms with Crippen molar-refractivity contribution in [2.45, 2.75) is 6.42 Å². The molecule has 1 fully saturated rings. The molecular weight excluding hydrogens is 398 g/mol. The van der Waals surface area contributed by atoms with Gasteiger partial charge in [0.2, 0.25) is 10.0 Å². The quantitative estimate of drug-likeness (QED) is 0.658. The number of anilines is 1. The van der Waals surface area contributed by atoms with Crippen LogP contribution in [0.2, 0.25) is 0 Å². The molecule has 1 aromatic heterocycles. The smallest absolute Gasteiger partial charge is 0.261 e. The maximum Gasteiger partial charge on any atom is 0.261 e. The predicted octanol–water partition coefficient (Wildman–Crippen LogP) is 2.03. The van der Waals surface area contributed by atoms with Gasteiger partial charge in [0.15, 0.2) is 0 Å². The summed E-state index contributed by atoms with van der Waals surface area (Å²) in [5.74, 6) is 0.692. The zero-order valence-corrected chi connectivity index (χ0v) is 17.5. The zero-order chi connectivity index (χ0) is 20.0. The van der Waals surface area contributed by atoms with Crippen molar-refractivity contribution in [3.63, 3.8) is 0 Å². The Labute approximate surface area is 170 Å². The molecule has 3 rings (SSSR count). The van der Waals surface area contributed by atoms with Crippen LogP contribution in [0.1, 0.15) is 16.1 Å². The Kier molecular flexibility index (Phi) is 6.93. The van der Waals surface area contributed by atoms with E-state index in [4.69, 9.17) is 4.74 Å². The third-order valence-electron chi connectivity index (χ3n) is 4.68. The summed E-state index contributed by atoms with van der Waals surface area (Å²) in [6.07, 6.45) is 0.401. The molecule has 0 aliphatic carbocycles. The molecule has 1 N–H and O–H groups in total. The summed E-state index contributed by atoms with van der Waals surface area (Å²) in [7, 11) is -1.68. The molecule has 9 heteroatoms. The van der Waals surface area contributed by atoms with E-state index in [1.807, 2.05) is 35.7 Å². The van der Waals surface area contributed by atoms with Crippen molar-refractivity contribution in [2.24, 2.45) is 0 Å². The number of benzene rings is 1. The van der Waals surface area contributed by atoms with Crippen molar-refractivity contribution in [1.82, 2.24) is 9.62 Å². The second-order valence-corrected chi connectivity index (χ2v) is 9.52. The van der Waals surface area contributed by atoms with Gasteiger partial charge >= 0.3 is 0 Å². The van der Waals surface area contributed by atoms with Crippen LogP contribution in [0.25, 0.3) is 0 Å². The van der Waals surface area contributed by atoms with E-state index in [9.17, 15) is 13.2 Å². The van der Waals surface area contributed by atoms with Gasteiger partial charge in [-0.15, -0.1) is 11.3 Å². The highest BCUT2D eigenvalue weighted by Crippen LogP contribution is 2.21. The van der Waals surface area contributed by atoms with Gasteiger partial charge in [-0.2, -0.15) is 4.31 Å². The van der Waals surface area contributed by atoms with Crippen molar-refractivity contribution in [3.05, 3.63) is 46.7 Å². The van der Waals surface area contributed by atoms with Crippen molar-refractivity contribution in [1.29, 1.82) is 0 Å². The van der Waals surface area contributed by atoms with Gasteiger partial charge in [0.25, 0.3) is 5.91 Å². The van der Waals surface area contributed by atoms with E-state index in [0.29, 0.717) is 44.0 Å². The molecule has 28 heavy (non-hydrogen) atoms. The minimum Gasteiger partial charge on any atom is -0.497 e. The van der Waals surface area contributed by atoms with Gasteiger partial charge < -0.3 is 15.0 Å². The lowest BCUT2D eigenvalue weighted by atomic mass is 10.2. The molecular formula is C19H25N3O4S2. The van der Waals surface area contributed by atoms with E-state index in [1.165, 1.54) is 11.3 Å². The Hall–Kier alpha value is -2.10. The molecule has 1 aliphatic heterocycles. The van der Waals surface area contributed by atoms with Crippen molar-refractivity contribution < 1.29 is 17.9 Å². The molecule has 1 aliphatic rings. The Bertz CT molecular complexity index is 859. The Morgan fingerprint density at radius 2 is 1.86 bits per heavy atom. The Morgan fingerprint density at radius 1 is 1.14 bits per heavy atom. The molecule has 0 bridgehead atoms. The number of methoxy groups -OCH3 is 1. The van der Waals surface area contributed by atoms with Gasteiger partial charge in [0.05, 0.1) is 17.7 Å². The number of carbonyl (C=O) groups excluding carboxylic acids is 1. The number of ether oxygens (including phenoxy) is 1. The van der Waals surface area contributed by atoms with E-state index >= 15 is 0 Å². The standard InChI is InChI=1S/C19H25N3O4S2/c1-26-17-7-5-16(6-8-17)21-10-12-22(13-11-21)28(24,25)15-3-9-20-19(23)18-4-2-14-27-18/h2,4-8,14H,3,9-13,15H2,1H3,(H,20,23). The molecule has 1 saturated heterocycles. The topological polar surface area (TPSA) is 79.0 Å². The largest absolute Gasteiger partial charge is 0.497 e. The maximum atomic E-state index is 12.6. The highest BCUT2D eigenvalue weighted by atomic mass is 32.2. The molecule has 0 unspecified atom stereocenters. The molecule has 0 radical (unpaired) electrons. The minimum atomic E-state index is -3.31. The lowest BCUT2D eigenvalue weighted by molar-refractivity contribution is 0.0957. The number of rotatable bonds is 8. The first kappa shape index (κ1) is 20.6. The summed E-state index contributed by atoms with van der Waals surface area (Å²) in [5.41, 5.74) is 1.06. The van der Waals surface area contributed by atoms with E-state index in [1.54, 1.807) is 17.5 Å². The number of hydrogen-bond donors (Lipinski definition) is 1. The lowest BCUT2D eigenvalue weighted by Gasteiger charge is -2.35. The van der Waals surface area contributed by atoms with Gasteiger partial charge in [0.1, 0.15) is 5.75 Å². The van der Waals surface area contributed by atoms with Crippen LogP contribution in [0.3, 0.4) is 0 Å². The summed E-state index contributed by atoms with van der Waals surface area (Å²) in [6.45, 7) is 2.59. The Balaban J connectivity index is 1.43. The van der Waals surface area contributed by atoms with Crippen LogP contribution < -0.4 is 15.0 Å². The number of carbonyl (C=O) groups is 1. The van der Waals surface area contributed by atoms with Crippen LogP contribution in [-0.4, -0.2) is 64.2 Å². The van der Waals surface area contributed by atoms with Crippen molar-refractivity contribution in [3.8, 4) is 5.75 Å². The second-order valence-electron chi connectivity index (χ2n) is 6.49. The number of sulfonamides is 1. The van der Waals surface area contributed by atoms with Gasteiger partial charge in [-0.25, -0.2) is 8.42 Å². The highest BCUT2D eigenvalue weighted by molar-refractivity contribution is 7.89. The van der Waals surface area contributed by atoms with E-state index < -0.39 is 10.0 Å². The monoisotopic (exact) mass is 423 g/mol. The van der Waals surface area contributed by atoms with Gasteiger partial charge in [-0.3, -0.25) is 4.79 Å². The third kappa shape index (κ3) is 5.24. The van der Waals surface area contributed by atoms with E-state index in [-0.39, 0.29) is 11.7 Å². The number of thiophene rings is 1. The van der Waals surface area contributed by atoms with Gasteiger partial charge in [-0.05, 0) is 42.1 Å². The second kappa shape index (κ2) is 9.40. The molecule has 2 heterocycles. The first-order valence-electron chi connectivity index (χ1n) is 9.18. The van der Waals surface area contributed by atoms with Crippen molar-refractivity contribution >= 4 is 33.0 Å². The number of nitrogens with one attached hydrogen (secondary N) is 1. The fourth-order valence-electron chi connectivity index (χ4n) is 3.10. The van der Waals surface area contributed by atoms with Gasteiger partial charge in [0, 0.05) is 38.4 Å². The zero-order valence-electron chi connectivity index (χ0n) is 15.8. The molecule has 0 atom stereocenters. The first-order chi connectivity index (χ1) is 13.5. The lowest BCUT2D eigenvalue weighted by Crippen LogP contribution is -2.49. The predicted molar refractivity (Wildman–Crippen MR) is 112 cm³/mol. The van der Waals surface area contributed by atoms with Crippen molar-refractivity contribution in [2.75, 3.05) is 50.5 Å². The molecule has 0 saturated carbocycles. The first-order valence-corrected chi connectivity index (χ1v) is 11.7. The maximum absolute atomic E-state index is 12.6. The number of nitrogens with zero attached hydrogens (tertiary/aromatic N) is 2. The van der Waals surface area contributed by atoms with Crippen LogP contribution in [0, 0.1) is 0 Å². The summed E-state index contributed by atoms with van der Waals surface area (Å²) >= 11 is 1.37. The fraction of sp³-hybridized carbons (Fsp3) is 0.421. The number of amides is 1. The Morgan fingerprint density at radius 3 is 2.46 bits per heavy atom. The molecule has 7 nitrogen and oxygen atoms in total. The average molecular weight is 424 g/mol. The normalized spacial score (nSPS) is 15.4. The average Bonchev–Trinajstić information content (AvgIpc) is 3.26. The summed E-state index contributed by atoms with van der Waals surface area (Å²) in [4.78, 5) is 14.7. The molecule has 1 amide bonds. The summed E-state index contributed by atoms with van der Waals surface area (Å²) in [6, 6.07) is 11.3. The fourth-order valence-corrected chi connectivity index (χ4v) is 5.23. The van der Waals surface area contributed by atoms with Crippen LogP contribution in [-0.2, 0) is 10.0 Å². The number of hydrogen-bond acceptors (Lipinski definition) is 6. The molecule has 0 spiro atoms. The summed E-state index contributed by atoms with van der Waals surface area (Å²) < 4.78 is 31.9. The minimum absolute atomic E-state index is 0.0419. The SMILES string of the molecule is COc1ccc(N2CCN(S(=O)(=O)CCCNC(=O)c3cccs3)CC2)cc1. The van der Waals surface area contributed by atoms with Crippen LogP contribution in [0.5, 0.6) is 5.75 Å². The number of piperazine rings is 1.